The van der Waals surface area contributed by atoms with Crippen molar-refractivity contribution in [3.8, 4) is 0 Å². The summed E-state index contributed by atoms with van der Waals surface area (Å²) in [5.41, 5.74) is 7.65. The molecule has 0 aliphatic heterocycles. The average molecular weight is 647 g/mol. The molecule has 0 fully saturated rings. The summed E-state index contributed by atoms with van der Waals surface area (Å²) in [6, 6.07) is 10.0. The molecule has 5 N–H and O–H groups in total. The van der Waals surface area contributed by atoms with E-state index < -0.39 is 62.8 Å². The number of carbonyl (C=O) groups is 2. The van der Waals surface area contributed by atoms with Crippen LogP contribution >= 0.6 is 0 Å². The molecule has 1 aromatic heterocycles. The molecule has 0 aliphatic rings. The zero-order valence-electron chi connectivity index (χ0n) is 25.3. The lowest BCUT2D eigenvalue weighted by Gasteiger charge is -2.31. The standard InChI is InChI=1S/C32H40F2N4O6S/c1-3-5-11-45(43,44)20-28(37-31(41)24-9-10-30(40)36-17-24)32(42)38(18-22-8-6-7-21(4-2)12-22)19-29(39)27(35)15-23-13-25(33)16-26(34)14-23/h6-10,12-14,16-17,27-29,39H,3-5,11,15,18-20,35H2,1-2H3,(H,36,40)(H,37,41)/t27-,28+,29+/m0/s1. The maximum Gasteiger partial charge on any atom is 0.253 e. The van der Waals surface area contributed by atoms with Crippen LogP contribution < -0.4 is 16.6 Å². The van der Waals surface area contributed by atoms with E-state index in [0.29, 0.717) is 30.9 Å². The Morgan fingerprint density at radius 3 is 2.33 bits per heavy atom. The second-order valence-corrected chi connectivity index (χ2v) is 13.3. The van der Waals surface area contributed by atoms with Gasteiger partial charge >= 0.3 is 0 Å². The molecule has 1 heterocycles. The predicted molar refractivity (Wildman–Crippen MR) is 167 cm³/mol. The van der Waals surface area contributed by atoms with Gasteiger partial charge in [-0.25, -0.2) is 17.2 Å². The molecule has 45 heavy (non-hydrogen) atoms. The van der Waals surface area contributed by atoms with E-state index in [9.17, 15) is 36.7 Å². The van der Waals surface area contributed by atoms with Crippen molar-refractivity contribution in [2.24, 2.45) is 5.73 Å². The summed E-state index contributed by atoms with van der Waals surface area (Å²) < 4.78 is 53.5. The topological polar surface area (TPSA) is 163 Å². The quantitative estimate of drug-likeness (QED) is 0.186. The van der Waals surface area contributed by atoms with Crippen LogP contribution in [0.5, 0.6) is 0 Å². The molecule has 0 spiro atoms. The molecule has 0 saturated heterocycles. The lowest BCUT2D eigenvalue weighted by Crippen LogP contribution is -2.54. The van der Waals surface area contributed by atoms with E-state index in [-0.39, 0.29) is 36.4 Å². The fourth-order valence-corrected chi connectivity index (χ4v) is 6.42. The lowest BCUT2D eigenvalue weighted by molar-refractivity contribution is -0.135. The Kier molecular flexibility index (Phi) is 12.9. The molecule has 3 atom stereocenters. The van der Waals surface area contributed by atoms with Crippen LogP contribution in [0, 0.1) is 11.6 Å². The molecule has 0 saturated carbocycles. The molecule has 3 aromatic rings. The molecular formula is C32H40F2N4O6S. The van der Waals surface area contributed by atoms with Crippen molar-refractivity contribution in [2.75, 3.05) is 18.1 Å². The number of carbonyl (C=O) groups excluding carboxylic acids is 2. The monoisotopic (exact) mass is 646 g/mol. The number of sulfone groups is 1. The van der Waals surface area contributed by atoms with Crippen LogP contribution in [0.25, 0.3) is 0 Å². The number of rotatable bonds is 16. The van der Waals surface area contributed by atoms with Crippen LogP contribution in [0.3, 0.4) is 0 Å². The van der Waals surface area contributed by atoms with Gasteiger partial charge in [-0.3, -0.25) is 14.4 Å². The number of hydrogen-bond acceptors (Lipinski definition) is 7. The minimum absolute atomic E-state index is 0.00457. The fraction of sp³-hybridized carbons (Fsp3) is 0.406. The van der Waals surface area contributed by atoms with Gasteiger partial charge in [-0.05, 0) is 54.2 Å². The SMILES string of the molecule is CCCCS(=O)(=O)C[C@@H](NC(=O)c1ccc(=O)[nH]c1)C(=O)N(Cc1cccc(CC)c1)C[C@@H](O)[C@@H](N)Cc1cc(F)cc(F)c1. The molecule has 0 radical (unpaired) electrons. The van der Waals surface area contributed by atoms with E-state index in [1.165, 1.54) is 11.0 Å². The Morgan fingerprint density at radius 1 is 1.02 bits per heavy atom. The van der Waals surface area contributed by atoms with E-state index in [1.807, 2.05) is 32.0 Å². The second-order valence-electron chi connectivity index (χ2n) is 11.0. The van der Waals surface area contributed by atoms with Gasteiger partial charge < -0.3 is 26.0 Å². The molecule has 2 amide bonds. The van der Waals surface area contributed by atoms with Gasteiger partial charge in [-0.2, -0.15) is 0 Å². The van der Waals surface area contributed by atoms with Gasteiger partial charge in [0.05, 0.1) is 23.2 Å². The van der Waals surface area contributed by atoms with Gasteiger partial charge in [0.2, 0.25) is 11.5 Å². The molecular weight excluding hydrogens is 606 g/mol. The van der Waals surface area contributed by atoms with E-state index >= 15 is 0 Å². The van der Waals surface area contributed by atoms with Crippen LogP contribution in [0.1, 0.15) is 53.7 Å². The van der Waals surface area contributed by atoms with Crippen LogP contribution in [-0.2, 0) is 34.0 Å². The summed E-state index contributed by atoms with van der Waals surface area (Å²) in [6.07, 6.45) is 1.33. The minimum Gasteiger partial charge on any atom is -0.390 e. The number of H-pyrrole nitrogens is 1. The Hall–Kier alpha value is -3.94. The molecule has 0 unspecified atom stereocenters. The smallest absolute Gasteiger partial charge is 0.253 e. The first-order valence-corrected chi connectivity index (χ1v) is 16.6. The minimum atomic E-state index is -3.81. The Bertz CT molecular complexity index is 1590. The number of pyridine rings is 1. The first-order valence-electron chi connectivity index (χ1n) is 14.8. The third-order valence-corrected chi connectivity index (χ3v) is 9.01. The third-order valence-electron chi connectivity index (χ3n) is 7.26. The van der Waals surface area contributed by atoms with Crippen molar-refractivity contribution >= 4 is 21.7 Å². The van der Waals surface area contributed by atoms with Crippen molar-refractivity contribution in [1.82, 2.24) is 15.2 Å². The molecule has 3 rings (SSSR count). The zero-order valence-corrected chi connectivity index (χ0v) is 26.2. The van der Waals surface area contributed by atoms with Gasteiger partial charge in [-0.1, -0.05) is 44.5 Å². The van der Waals surface area contributed by atoms with Crippen molar-refractivity contribution in [3.63, 3.8) is 0 Å². The molecule has 2 aromatic carbocycles. The number of nitrogens with zero attached hydrogens (tertiary/aromatic N) is 1. The first-order chi connectivity index (χ1) is 21.3. The summed E-state index contributed by atoms with van der Waals surface area (Å²) in [4.78, 5) is 42.3. The van der Waals surface area contributed by atoms with Crippen molar-refractivity contribution in [2.45, 2.75) is 64.3 Å². The highest BCUT2D eigenvalue weighted by atomic mass is 32.2. The van der Waals surface area contributed by atoms with Crippen molar-refractivity contribution in [3.05, 3.63) is 105 Å². The van der Waals surface area contributed by atoms with Crippen molar-refractivity contribution < 1.29 is 31.9 Å². The second kappa shape index (κ2) is 16.4. The van der Waals surface area contributed by atoms with E-state index in [0.717, 1.165) is 30.0 Å². The number of benzene rings is 2. The summed E-state index contributed by atoms with van der Waals surface area (Å²) in [5.74, 6) is -4.06. The molecule has 0 aliphatic carbocycles. The van der Waals surface area contributed by atoms with Crippen LogP contribution in [-0.4, -0.2) is 71.5 Å². The van der Waals surface area contributed by atoms with E-state index in [2.05, 4.69) is 10.3 Å². The number of aryl methyl sites for hydroxylation is 1. The zero-order chi connectivity index (χ0) is 33.1. The number of unbranched alkanes of at least 4 members (excludes halogenated alkanes) is 1. The number of hydrogen-bond donors (Lipinski definition) is 4. The number of nitrogens with two attached hydrogens (primary N) is 1. The Balaban J connectivity index is 1.94. The van der Waals surface area contributed by atoms with Crippen molar-refractivity contribution in [1.29, 1.82) is 0 Å². The van der Waals surface area contributed by atoms with Gasteiger partial charge in [-0.15, -0.1) is 0 Å². The highest BCUT2D eigenvalue weighted by Crippen LogP contribution is 2.16. The van der Waals surface area contributed by atoms with Gasteiger partial charge in [0.25, 0.3) is 5.91 Å². The number of aromatic amines is 1. The van der Waals surface area contributed by atoms with E-state index in [4.69, 9.17) is 5.73 Å². The number of nitrogens with one attached hydrogen (secondary N) is 2. The van der Waals surface area contributed by atoms with Gasteiger partial charge in [0.15, 0.2) is 9.84 Å². The number of amides is 2. The predicted octanol–water partition coefficient (Wildman–Crippen LogP) is 2.49. The van der Waals surface area contributed by atoms with Gasteiger partial charge in [0, 0.05) is 37.5 Å². The molecule has 13 heteroatoms. The Morgan fingerprint density at radius 2 is 1.71 bits per heavy atom. The Labute approximate surface area is 261 Å². The lowest BCUT2D eigenvalue weighted by atomic mass is 10.0. The summed E-state index contributed by atoms with van der Waals surface area (Å²) in [7, 11) is -3.81. The average Bonchev–Trinajstić information content (AvgIpc) is 2.98. The largest absolute Gasteiger partial charge is 0.390 e. The summed E-state index contributed by atoms with van der Waals surface area (Å²) >= 11 is 0. The van der Waals surface area contributed by atoms with Crippen LogP contribution in [0.2, 0.25) is 0 Å². The normalized spacial score (nSPS) is 13.6. The fourth-order valence-electron chi connectivity index (χ4n) is 4.79. The van der Waals surface area contributed by atoms with Crippen LogP contribution in [0.4, 0.5) is 8.78 Å². The number of halogens is 2. The number of aliphatic hydroxyl groups is 1. The summed E-state index contributed by atoms with van der Waals surface area (Å²) in [6.45, 7) is 3.37. The third kappa shape index (κ3) is 11.2. The highest BCUT2D eigenvalue weighted by Gasteiger charge is 2.33. The maximum atomic E-state index is 14.1. The van der Waals surface area contributed by atoms with Gasteiger partial charge in [0.1, 0.15) is 17.7 Å². The number of aromatic nitrogens is 1. The first kappa shape index (κ1) is 35.5. The van der Waals surface area contributed by atoms with Crippen LogP contribution in [0.15, 0.2) is 65.6 Å². The summed E-state index contributed by atoms with van der Waals surface area (Å²) in [5, 5.41) is 13.6. The molecule has 244 valence electrons. The number of aliphatic hydroxyl groups excluding tert-OH is 1. The maximum absolute atomic E-state index is 14.1. The molecule has 10 nitrogen and oxygen atoms in total. The van der Waals surface area contributed by atoms with E-state index in [1.54, 1.807) is 6.07 Å². The highest BCUT2D eigenvalue weighted by molar-refractivity contribution is 7.91. The molecule has 0 bridgehead atoms.